The first-order chi connectivity index (χ1) is 13.6. The normalized spacial score (nSPS) is 23.0. The Kier molecular flexibility index (Phi) is 4.02. The molecule has 2 N–H and O–H groups in total. The lowest BCUT2D eigenvalue weighted by atomic mass is 9.54. The molecule has 7 nitrogen and oxygen atoms in total. The predicted molar refractivity (Wildman–Crippen MR) is 104 cm³/mol. The lowest BCUT2D eigenvalue weighted by molar-refractivity contribution is 0.0567. The largest absolute Gasteiger partial charge is 0.506 e. The summed E-state index contributed by atoms with van der Waals surface area (Å²) in [5.41, 5.74) is 0.0204. The molecular formula is C22H24O7. The molecule has 1 saturated carbocycles. The third kappa shape index (κ3) is 2.36. The second-order valence-corrected chi connectivity index (χ2v) is 8.60. The summed E-state index contributed by atoms with van der Waals surface area (Å²) in [5, 5.41) is 22.2. The highest BCUT2D eigenvalue weighted by Gasteiger charge is 2.53. The predicted octanol–water partition coefficient (Wildman–Crippen LogP) is 4.20. The number of Topliss-reactive ketones (excluding diaryl/α,β-unsaturated/α-hetero) is 1. The maximum Gasteiger partial charge on any atom is 0.373 e. The van der Waals surface area contributed by atoms with Gasteiger partial charge in [-0.15, -0.1) is 0 Å². The number of phenols is 2. The van der Waals surface area contributed by atoms with Gasteiger partial charge in [-0.3, -0.25) is 4.79 Å². The number of ether oxygens (including phenoxy) is 2. The van der Waals surface area contributed by atoms with Crippen LogP contribution in [0.5, 0.6) is 11.5 Å². The molecule has 1 heterocycles. The number of benzene rings is 1. The summed E-state index contributed by atoms with van der Waals surface area (Å²) < 4.78 is 15.7. The Hall–Kier alpha value is -2.96. The van der Waals surface area contributed by atoms with Crippen LogP contribution < -0.4 is 0 Å². The van der Waals surface area contributed by atoms with Gasteiger partial charge in [0.1, 0.15) is 5.75 Å². The number of carbonyl (C=O) groups excluding carboxylic acids is 2. The molecule has 1 unspecified atom stereocenters. The molecule has 29 heavy (non-hydrogen) atoms. The van der Waals surface area contributed by atoms with Gasteiger partial charge in [0, 0.05) is 17.0 Å². The zero-order valence-corrected chi connectivity index (χ0v) is 17.1. The minimum atomic E-state index is -0.745. The molecule has 2 aliphatic rings. The van der Waals surface area contributed by atoms with Crippen LogP contribution in [-0.4, -0.2) is 36.2 Å². The number of fused-ring (bicyclic) bond motifs is 4. The molecule has 4 rings (SSSR count). The number of hydrogen-bond donors (Lipinski definition) is 2. The summed E-state index contributed by atoms with van der Waals surface area (Å²) in [6.45, 7) is 6.05. The van der Waals surface area contributed by atoms with E-state index < -0.39 is 17.2 Å². The summed E-state index contributed by atoms with van der Waals surface area (Å²) >= 11 is 0. The highest BCUT2D eigenvalue weighted by Crippen LogP contribution is 2.60. The Bertz CT molecular complexity index is 1100. The van der Waals surface area contributed by atoms with Gasteiger partial charge in [-0.05, 0) is 23.8 Å². The zero-order chi connectivity index (χ0) is 21.3. The van der Waals surface area contributed by atoms with E-state index in [4.69, 9.17) is 9.15 Å². The number of rotatable bonds is 2. The fourth-order valence-corrected chi connectivity index (χ4v) is 5.30. The van der Waals surface area contributed by atoms with Crippen LogP contribution in [0, 0.1) is 5.41 Å². The van der Waals surface area contributed by atoms with E-state index in [0.717, 1.165) is 18.4 Å². The lowest BCUT2D eigenvalue weighted by Gasteiger charge is -2.49. The van der Waals surface area contributed by atoms with E-state index in [2.05, 4.69) is 18.6 Å². The van der Waals surface area contributed by atoms with E-state index in [0.29, 0.717) is 12.0 Å². The molecule has 0 bridgehead atoms. The molecule has 2 aromatic rings. The van der Waals surface area contributed by atoms with Crippen LogP contribution in [0.1, 0.15) is 66.5 Å². The van der Waals surface area contributed by atoms with Crippen molar-refractivity contribution in [2.24, 2.45) is 5.41 Å². The third-order valence-corrected chi connectivity index (χ3v) is 6.44. The number of methoxy groups -OCH3 is 2. The number of phenolic OH excluding ortho intramolecular Hbond substituents is 2. The number of hydrogen-bond acceptors (Lipinski definition) is 7. The summed E-state index contributed by atoms with van der Waals surface area (Å²) in [6, 6.07) is 1.27. The fourth-order valence-electron chi connectivity index (χ4n) is 5.30. The van der Waals surface area contributed by atoms with E-state index in [1.54, 1.807) is 0 Å². The van der Waals surface area contributed by atoms with Crippen LogP contribution in [0.25, 0.3) is 11.0 Å². The number of ketones is 1. The Morgan fingerprint density at radius 1 is 1.14 bits per heavy atom. The molecule has 0 radical (unpaired) electrons. The van der Waals surface area contributed by atoms with Crippen molar-refractivity contribution in [3.05, 3.63) is 34.3 Å². The van der Waals surface area contributed by atoms with Gasteiger partial charge in [0.05, 0.1) is 25.2 Å². The van der Waals surface area contributed by atoms with Crippen molar-refractivity contribution in [1.82, 2.24) is 0 Å². The fraction of sp³-hybridized carbons (Fsp3) is 0.455. The summed E-state index contributed by atoms with van der Waals surface area (Å²) in [7, 11) is 2.65. The van der Waals surface area contributed by atoms with Gasteiger partial charge < -0.3 is 24.1 Å². The van der Waals surface area contributed by atoms with E-state index in [-0.39, 0.29) is 45.0 Å². The Balaban J connectivity index is 2.13. The molecule has 154 valence electrons. The van der Waals surface area contributed by atoms with Gasteiger partial charge in [-0.1, -0.05) is 27.2 Å². The van der Waals surface area contributed by atoms with Crippen molar-refractivity contribution in [3.63, 3.8) is 0 Å². The van der Waals surface area contributed by atoms with Gasteiger partial charge in [0.15, 0.2) is 17.1 Å². The van der Waals surface area contributed by atoms with Crippen LogP contribution in [0.4, 0.5) is 0 Å². The molecule has 0 amide bonds. The zero-order valence-electron chi connectivity index (χ0n) is 17.1. The quantitative estimate of drug-likeness (QED) is 0.575. The minimum absolute atomic E-state index is 0.00647. The second kappa shape index (κ2) is 6.02. The average Bonchev–Trinajstić information content (AvgIpc) is 3.11. The first kappa shape index (κ1) is 19.4. The number of carbonyl (C=O) groups is 2. The maximum atomic E-state index is 13.4. The number of allylic oxidation sites excluding steroid dienone is 2. The van der Waals surface area contributed by atoms with Crippen LogP contribution in [0.2, 0.25) is 0 Å². The van der Waals surface area contributed by atoms with Crippen molar-refractivity contribution in [3.8, 4) is 11.5 Å². The molecule has 1 atom stereocenters. The SMILES string of the molecule is COC(=O)c1cc2c(O)c3c(c(O)c2o1)C1(C)CCCC(C)(C)C1=C(OC)C3=O. The third-order valence-electron chi connectivity index (χ3n) is 6.44. The molecule has 2 aliphatic carbocycles. The van der Waals surface area contributed by atoms with E-state index in [1.807, 2.05) is 6.92 Å². The standard InChI is InChI=1S/C22H24O7/c1-21(2)7-6-8-22(3)13-12(15(24)18(27-4)19(21)22)14(23)10-9-11(20(26)28-5)29-17(10)16(13)25/h9,23,25H,6-8H2,1-5H3. The Morgan fingerprint density at radius 3 is 2.45 bits per heavy atom. The first-order valence-corrected chi connectivity index (χ1v) is 9.52. The molecule has 0 saturated heterocycles. The molecule has 1 aromatic heterocycles. The topological polar surface area (TPSA) is 106 Å². The van der Waals surface area contributed by atoms with Gasteiger partial charge in [-0.25, -0.2) is 4.79 Å². The summed E-state index contributed by atoms with van der Waals surface area (Å²) in [5.74, 6) is -1.78. The molecule has 1 fully saturated rings. The summed E-state index contributed by atoms with van der Waals surface area (Å²) in [6.07, 6.45) is 2.42. The second-order valence-electron chi connectivity index (χ2n) is 8.60. The van der Waals surface area contributed by atoms with Gasteiger partial charge in [0.25, 0.3) is 0 Å². The van der Waals surface area contributed by atoms with E-state index >= 15 is 0 Å². The van der Waals surface area contributed by atoms with Crippen molar-refractivity contribution >= 4 is 22.7 Å². The van der Waals surface area contributed by atoms with Crippen molar-refractivity contribution < 1.29 is 33.7 Å². The Morgan fingerprint density at radius 2 is 1.83 bits per heavy atom. The first-order valence-electron chi connectivity index (χ1n) is 9.52. The van der Waals surface area contributed by atoms with E-state index in [1.165, 1.54) is 20.3 Å². The van der Waals surface area contributed by atoms with Crippen molar-refractivity contribution in [1.29, 1.82) is 0 Å². The average molecular weight is 400 g/mol. The molecule has 1 aromatic carbocycles. The van der Waals surface area contributed by atoms with Crippen LogP contribution in [-0.2, 0) is 14.9 Å². The number of aromatic hydroxyl groups is 2. The van der Waals surface area contributed by atoms with Gasteiger partial charge >= 0.3 is 5.97 Å². The molecular weight excluding hydrogens is 376 g/mol. The summed E-state index contributed by atoms with van der Waals surface area (Å²) in [4.78, 5) is 25.3. The molecule has 0 aliphatic heterocycles. The number of furan rings is 1. The Labute approximate surface area is 167 Å². The van der Waals surface area contributed by atoms with Gasteiger partial charge in [-0.2, -0.15) is 0 Å². The monoisotopic (exact) mass is 400 g/mol. The van der Waals surface area contributed by atoms with Gasteiger partial charge in [0.2, 0.25) is 11.5 Å². The van der Waals surface area contributed by atoms with Crippen molar-refractivity contribution in [2.75, 3.05) is 14.2 Å². The van der Waals surface area contributed by atoms with Crippen LogP contribution in [0.15, 0.2) is 21.8 Å². The lowest BCUT2D eigenvalue weighted by Crippen LogP contribution is -2.43. The van der Waals surface area contributed by atoms with Crippen molar-refractivity contribution in [2.45, 2.75) is 45.4 Å². The van der Waals surface area contributed by atoms with Crippen LogP contribution >= 0.6 is 0 Å². The molecule has 0 spiro atoms. The highest BCUT2D eigenvalue weighted by molar-refractivity contribution is 6.17. The number of esters is 1. The highest BCUT2D eigenvalue weighted by atomic mass is 16.5. The minimum Gasteiger partial charge on any atom is -0.506 e. The van der Waals surface area contributed by atoms with E-state index in [9.17, 15) is 19.8 Å². The maximum absolute atomic E-state index is 13.4. The molecule has 7 heteroatoms. The van der Waals surface area contributed by atoms with Crippen LogP contribution in [0.3, 0.4) is 0 Å². The smallest absolute Gasteiger partial charge is 0.373 e.